The monoisotopic (exact) mass is 331 g/mol. The number of aliphatic hydroxyl groups excluding tert-OH is 1. The molecule has 0 saturated carbocycles. The predicted octanol–water partition coefficient (Wildman–Crippen LogP) is 0.360. The molecule has 3 rings (SSSR count). The van der Waals surface area contributed by atoms with Crippen LogP contribution in [-0.2, 0) is 16.1 Å². The smallest absolute Gasteiger partial charge is 0.237 e. The van der Waals surface area contributed by atoms with Crippen LogP contribution >= 0.6 is 0 Å². The normalized spacial score (nSPS) is 23.1. The fraction of sp³-hybridized carbons (Fsp3) is 0.556. The first-order valence-electron chi connectivity index (χ1n) is 8.65. The average Bonchev–Trinajstić information content (AvgIpc) is 2.59. The summed E-state index contributed by atoms with van der Waals surface area (Å²) >= 11 is 0. The number of piperidine rings is 1. The second-order valence-electron chi connectivity index (χ2n) is 6.58. The molecule has 24 heavy (non-hydrogen) atoms. The van der Waals surface area contributed by atoms with Crippen LogP contribution in [0.25, 0.3) is 0 Å². The molecule has 1 unspecified atom stereocenters. The van der Waals surface area contributed by atoms with Crippen molar-refractivity contribution in [3.63, 3.8) is 0 Å². The number of amides is 2. The molecule has 2 fully saturated rings. The number of aliphatic hydroxyl groups is 1. The minimum absolute atomic E-state index is 0.00186. The first kappa shape index (κ1) is 16.9. The lowest BCUT2D eigenvalue weighted by Crippen LogP contribution is -2.56. The molecule has 2 aliphatic heterocycles. The van der Waals surface area contributed by atoms with Crippen molar-refractivity contribution in [2.75, 3.05) is 26.2 Å². The van der Waals surface area contributed by atoms with Crippen LogP contribution in [0.1, 0.15) is 24.8 Å². The third kappa shape index (κ3) is 4.13. The van der Waals surface area contributed by atoms with Crippen LogP contribution in [0.2, 0.25) is 0 Å². The van der Waals surface area contributed by atoms with Gasteiger partial charge in [0.2, 0.25) is 11.8 Å². The van der Waals surface area contributed by atoms with Crippen molar-refractivity contribution < 1.29 is 14.7 Å². The zero-order chi connectivity index (χ0) is 16.9. The molecule has 1 atom stereocenters. The first-order valence-corrected chi connectivity index (χ1v) is 8.65. The minimum atomic E-state index is -0.418. The van der Waals surface area contributed by atoms with Crippen LogP contribution in [0.15, 0.2) is 30.3 Å². The van der Waals surface area contributed by atoms with Gasteiger partial charge in [0.15, 0.2) is 0 Å². The molecule has 0 radical (unpaired) electrons. The van der Waals surface area contributed by atoms with Crippen LogP contribution in [0.4, 0.5) is 0 Å². The number of nitrogens with zero attached hydrogens (tertiary/aromatic N) is 2. The topological polar surface area (TPSA) is 72.9 Å². The fourth-order valence-corrected chi connectivity index (χ4v) is 3.40. The van der Waals surface area contributed by atoms with Crippen molar-refractivity contribution in [1.82, 2.24) is 15.1 Å². The molecule has 2 aliphatic rings. The highest BCUT2D eigenvalue weighted by Crippen LogP contribution is 2.17. The molecular formula is C18H25N3O3. The largest absolute Gasteiger partial charge is 0.393 e. The molecule has 1 aromatic rings. The first-order chi connectivity index (χ1) is 11.6. The van der Waals surface area contributed by atoms with Gasteiger partial charge in [-0.1, -0.05) is 30.3 Å². The van der Waals surface area contributed by atoms with E-state index < -0.39 is 6.04 Å². The highest BCUT2D eigenvalue weighted by Gasteiger charge is 2.33. The standard InChI is InChI=1S/C18H25N3O3/c22-15-6-9-20(10-7-15)17(23)12-16-18(24)19-8-11-21(16)13-14-4-2-1-3-5-14/h1-5,15-16,22H,6-13H2,(H,19,24). The number of rotatable bonds is 4. The van der Waals surface area contributed by atoms with E-state index in [2.05, 4.69) is 10.2 Å². The number of hydrogen-bond acceptors (Lipinski definition) is 4. The van der Waals surface area contributed by atoms with Gasteiger partial charge in [-0.05, 0) is 18.4 Å². The summed E-state index contributed by atoms with van der Waals surface area (Å²) in [6, 6.07) is 9.60. The Kier molecular flexibility index (Phi) is 5.48. The van der Waals surface area contributed by atoms with Gasteiger partial charge in [-0.25, -0.2) is 0 Å². The number of carbonyl (C=O) groups excluding carboxylic acids is 2. The van der Waals surface area contributed by atoms with E-state index in [0.29, 0.717) is 39.0 Å². The summed E-state index contributed by atoms with van der Waals surface area (Å²) in [6.45, 7) is 3.19. The van der Waals surface area contributed by atoms with Crippen molar-refractivity contribution in [3.05, 3.63) is 35.9 Å². The SMILES string of the molecule is O=C1NCCN(Cc2ccccc2)C1CC(=O)N1CCC(O)CC1. The molecule has 0 aliphatic carbocycles. The van der Waals surface area contributed by atoms with E-state index in [1.807, 2.05) is 30.3 Å². The molecule has 1 aromatic carbocycles. The Hall–Kier alpha value is -1.92. The molecular weight excluding hydrogens is 306 g/mol. The highest BCUT2D eigenvalue weighted by molar-refractivity contribution is 5.88. The van der Waals surface area contributed by atoms with Gasteiger partial charge < -0.3 is 15.3 Å². The number of nitrogens with one attached hydrogen (secondary N) is 1. The quantitative estimate of drug-likeness (QED) is 0.836. The van der Waals surface area contributed by atoms with Crippen LogP contribution in [0.3, 0.4) is 0 Å². The maximum Gasteiger partial charge on any atom is 0.237 e. The zero-order valence-corrected chi connectivity index (χ0v) is 13.9. The van der Waals surface area contributed by atoms with E-state index >= 15 is 0 Å². The summed E-state index contributed by atoms with van der Waals surface area (Å²) in [5.74, 6) is -0.0652. The summed E-state index contributed by atoms with van der Waals surface area (Å²) in [7, 11) is 0. The van der Waals surface area contributed by atoms with E-state index in [1.165, 1.54) is 0 Å². The number of carbonyl (C=O) groups is 2. The molecule has 6 heteroatoms. The Morgan fingerprint density at radius 1 is 1.17 bits per heavy atom. The summed E-state index contributed by atoms with van der Waals surface area (Å²) in [5.41, 5.74) is 1.14. The van der Waals surface area contributed by atoms with E-state index in [1.54, 1.807) is 4.90 Å². The molecule has 2 saturated heterocycles. The molecule has 2 N–H and O–H groups in total. The maximum atomic E-state index is 12.6. The van der Waals surface area contributed by atoms with Crippen LogP contribution in [0.5, 0.6) is 0 Å². The summed E-state index contributed by atoms with van der Waals surface area (Å²) in [4.78, 5) is 28.7. The van der Waals surface area contributed by atoms with E-state index in [9.17, 15) is 14.7 Å². The van der Waals surface area contributed by atoms with Crippen molar-refractivity contribution in [1.29, 1.82) is 0 Å². The third-order valence-corrected chi connectivity index (χ3v) is 4.86. The van der Waals surface area contributed by atoms with Gasteiger partial charge in [0.05, 0.1) is 18.6 Å². The highest BCUT2D eigenvalue weighted by atomic mass is 16.3. The number of benzene rings is 1. The molecule has 0 bridgehead atoms. The lowest BCUT2D eigenvalue weighted by molar-refractivity contribution is -0.140. The molecule has 6 nitrogen and oxygen atoms in total. The number of likely N-dealkylation sites (tertiary alicyclic amines) is 1. The van der Waals surface area contributed by atoms with Gasteiger partial charge in [-0.3, -0.25) is 14.5 Å². The zero-order valence-electron chi connectivity index (χ0n) is 13.9. The van der Waals surface area contributed by atoms with E-state index in [-0.39, 0.29) is 24.3 Å². The van der Waals surface area contributed by atoms with Crippen molar-refractivity contribution in [3.8, 4) is 0 Å². The van der Waals surface area contributed by atoms with Crippen molar-refractivity contribution >= 4 is 11.8 Å². The van der Waals surface area contributed by atoms with Gasteiger partial charge in [-0.15, -0.1) is 0 Å². The Bertz CT molecular complexity index is 570. The molecule has 0 spiro atoms. The van der Waals surface area contributed by atoms with Gasteiger partial charge >= 0.3 is 0 Å². The van der Waals surface area contributed by atoms with Gasteiger partial charge in [0.1, 0.15) is 0 Å². The lowest BCUT2D eigenvalue weighted by atomic mass is 10.0. The Labute approximate surface area is 142 Å². The third-order valence-electron chi connectivity index (χ3n) is 4.86. The summed E-state index contributed by atoms with van der Waals surface area (Å²) in [6.07, 6.45) is 1.14. The van der Waals surface area contributed by atoms with Crippen LogP contribution < -0.4 is 5.32 Å². The molecule has 2 amide bonds. The number of piperazine rings is 1. The fourth-order valence-electron chi connectivity index (χ4n) is 3.40. The summed E-state index contributed by atoms with van der Waals surface area (Å²) in [5, 5.41) is 12.4. The molecule has 130 valence electrons. The van der Waals surface area contributed by atoms with Gasteiger partial charge in [-0.2, -0.15) is 0 Å². The Morgan fingerprint density at radius 3 is 2.58 bits per heavy atom. The van der Waals surface area contributed by atoms with Crippen molar-refractivity contribution in [2.45, 2.75) is 38.0 Å². The van der Waals surface area contributed by atoms with Gasteiger partial charge in [0.25, 0.3) is 0 Å². The second kappa shape index (κ2) is 7.77. The average molecular weight is 331 g/mol. The van der Waals surface area contributed by atoms with E-state index in [4.69, 9.17) is 0 Å². The van der Waals surface area contributed by atoms with Crippen LogP contribution in [-0.4, -0.2) is 65.0 Å². The molecule has 2 heterocycles. The lowest BCUT2D eigenvalue weighted by Gasteiger charge is -2.36. The number of hydrogen-bond donors (Lipinski definition) is 2. The molecule has 0 aromatic heterocycles. The van der Waals surface area contributed by atoms with Crippen molar-refractivity contribution in [2.24, 2.45) is 0 Å². The summed E-state index contributed by atoms with van der Waals surface area (Å²) < 4.78 is 0. The Balaban J connectivity index is 1.63. The maximum absolute atomic E-state index is 12.6. The van der Waals surface area contributed by atoms with Gasteiger partial charge in [0, 0.05) is 32.7 Å². The minimum Gasteiger partial charge on any atom is -0.393 e. The second-order valence-corrected chi connectivity index (χ2v) is 6.58. The van der Waals surface area contributed by atoms with Crippen LogP contribution in [0, 0.1) is 0 Å². The predicted molar refractivity (Wildman–Crippen MR) is 90.1 cm³/mol. The Morgan fingerprint density at radius 2 is 1.88 bits per heavy atom. The van der Waals surface area contributed by atoms with E-state index in [0.717, 1.165) is 12.1 Å².